The lowest BCUT2D eigenvalue weighted by atomic mass is 10.2. The Kier molecular flexibility index (Phi) is 5.92. The highest BCUT2D eigenvalue weighted by Gasteiger charge is 2.24. The number of halogens is 2. The van der Waals surface area contributed by atoms with E-state index in [0.717, 1.165) is 11.1 Å². The summed E-state index contributed by atoms with van der Waals surface area (Å²) in [5, 5.41) is 2.04. The minimum absolute atomic E-state index is 0.0801. The van der Waals surface area contributed by atoms with Gasteiger partial charge in [0.15, 0.2) is 0 Å². The van der Waals surface area contributed by atoms with Crippen LogP contribution in [0.4, 0.5) is 10.7 Å². The van der Waals surface area contributed by atoms with Gasteiger partial charge in [0.1, 0.15) is 10.6 Å². The number of nitrogens with one attached hydrogen (secondary N) is 2. The molecule has 1 aromatic carbocycles. The van der Waals surface area contributed by atoms with Crippen LogP contribution in [-0.2, 0) is 16.4 Å². The number of rotatable bonds is 5. The van der Waals surface area contributed by atoms with Crippen molar-refractivity contribution in [1.29, 1.82) is 0 Å². The molecule has 0 spiro atoms. The molecular weight excluding hydrogens is 431 g/mol. The Bertz CT molecular complexity index is 1060. The third-order valence-corrected chi connectivity index (χ3v) is 5.52. The van der Waals surface area contributed by atoms with Crippen LogP contribution < -0.4 is 19.5 Å². The molecule has 2 amide bonds. The number of urea groups is 1. The molecule has 3 rings (SSSR count). The Labute approximate surface area is 170 Å². The Morgan fingerprint density at radius 3 is 2.82 bits per heavy atom. The molecule has 0 saturated carbocycles. The molecule has 1 aliphatic rings. The number of benzene rings is 1. The molecule has 2 aromatic rings. The van der Waals surface area contributed by atoms with Crippen molar-refractivity contribution in [1.82, 2.24) is 14.7 Å². The number of anilines is 1. The molecule has 0 unspecified atom stereocenters. The summed E-state index contributed by atoms with van der Waals surface area (Å²) in [5.74, 6) is 0.179. The highest BCUT2D eigenvalue weighted by atomic mass is 35.5. The van der Waals surface area contributed by atoms with E-state index in [0.29, 0.717) is 24.6 Å². The fraction of sp³-hybridized carbons (Fsp3) is 0.188. The molecule has 148 valence electrons. The highest BCUT2D eigenvalue weighted by molar-refractivity contribution is 7.90. The molecule has 0 atom stereocenters. The van der Waals surface area contributed by atoms with E-state index in [1.807, 2.05) is 4.72 Å². The first-order valence-corrected chi connectivity index (χ1v) is 10.2. The Morgan fingerprint density at radius 1 is 1.32 bits per heavy atom. The zero-order valence-corrected chi connectivity index (χ0v) is 16.7. The van der Waals surface area contributed by atoms with Crippen LogP contribution in [-0.4, -0.2) is 31.0 Å². The van der Waals surface area contributed by atoms with Crippen molar-refractivity contribution in [3.63, 3.8) is 0 Å². The van der Waals surface area contributed by atoms with Crippen molar-refractivity contribution >= 4 is 45.2 Å². The largest absolute Gasteiger partial charge is 0.477 e. The maximum Gasteiger partial charge on any atom is 0.335 e. The summed E-state index contributed by atoms with van der Waals surface area (Å²) >= 11 is 11.1. The summed E-state index contributed by atoms with van der Waals surface area (Å²) in [6.45, 7) is 2.22. The maximum absolute atomic E-state index is 12.6. The van der Waals surface area contributed by atoms with Crippen molar-refractivity contribution in [2.75, 3.05) is 11.9 Å². The number of aromatic nitrogens is 2. The van der Waals surface area contributed by atoms with Crippen molar-refractivity contribution in [3.05, 3.63) is 46.3 Å². The fourth-order valence-electron chi connectivity index (χ4n) is 2.47. The van der Waals surface area contributed by atoms with Gasteiger partial charge in [0.05, 0.1) is 17.8 Å². The molecule has 0 bridgehead atoms. The van der Waals surface area contributed by atoms with Gasteiger partial charge in [0, 0.05) is 12.0 Å². The first-order valence-electron chi connectivity index (χ1n) is 7.87. The molecule has 0 saturated heterocycles. The second-order valence-corrected chi connectivity index (χ2v) is 7.78. The van der Waals surface area contributed by atoms with Crippen molar-refractivity contribution in [3.8, 4) is 11.6 Å². The van der Waals surface area contributed by atoms with E-state index in [2.05, 4.69) is 15.3 Å². The number of carbonyl (C=O) groups is 1. The van der Waals surface area contributed by atoms with E-state index in [9.17, 15) is 13.2 Å². The third-order valence-electron chi connectivity index (χ3n) is 3.65. The van der Waals surface area contributed by atoms with Gasteiger partial charge in [-0.15, -0.1) is 0 Å². The number of carbonyl (C=O) groups excluding carboxylic acids is 1. The summed E-state index contributed by atoms with van der Waals surface area (Å²) in [6, 6.07) is 4.55. The normalized spacial score (nSPS) is 13.5. The summed E-state index contributed by atoms with van der Waals surface area (Å²) in [6.07, 6.45) is 0.679. The average Bonchev–Trinajstić information content (AvgIpc) is 3.10. The summed E-state index contributed by atoms with van der Waals surface area (Å²) in [4.78, 5) is 20.1. The predicted octanol–water partition coefficient (Wildman–Crippen LogP) is 2.89. The van der Waals surface area contributed by atoms with Crippen LogP contribution in [0.15, 0.2) is 39.9 Å². The molecule has 0 aliphatic carbocycles. The van der Waals surface area contributed by atoms with E-state index in [4.69, 9.17) is 32.7 Å². The SMILES string of the molecule is Cc1nc(NC(=O)NS(=O)(=O)c2ccccc2O/C(Cl)=C/Cl)nc2c1CCO2. The predicted molar refractivity (Wildman–Crippen MR) is 102 cm³/mol. The van der Waals surface area contributed by atoms with Crippen LogP contribution in [0.1, 0.15) is 11.3 Å². The standard InChI is InChI=1S/C16H14Cl2N4O5S/c1-9-10-6-7-26-14(10)20-15(19-9)21-16(23)22-28(24,25)12-5-3-2-4-11(12)27-13(18)8-17/h2-5,8H,6-7H2,1H3,(H2,19,20,21,22,23)/b13-8+. The molecule has 2 heterocycles. The number of ether oxygens (including phenoxy) is 2. The van der Waals surface area contributed by atoms with Crippen molar-refractivity contribution < 1.29 is 22.7 Å². The van der Waals surface area contributed by atoms with Crippen LogP contribution in [0.5, 0.6) is 11.6 Å². The number of sulfonamides is 1. The monoisotopic (exact) mass is 444 g/mol. The van der Waals surface area contributed by atoms with Gasteiger partial charge in [-0.2, -0.15) is 4.98 Å². The molecular formula is C16H14Cl2N4O5S. The summed E-state index contributed by atoms with van der Waals surface area (Å²) in [7, 11) is -4.29. The lowest BCUT2D eigenvalue weighted by Gasteiger charge is -2.12. The summed E-state index contributed by atoms with van der Waals surface area (Å²) < 4.78 is 37.5. The molecule has 9 nitrogen and oxygen atoms in total. The Morgan fingerprint density at radius 2 is 2.07 bits per heavy atom. The Balaban J connectivity index is 1.78. The number of nitrogens with zero attached hydrogens (tertiary/aromatic N) is 2. The lowest BCUT2D eigenvalue weighted by Crippen LogP contribution is -2.35. The quantitative estimate of drug-likeness (QED) is 0.680. The van der Waals surface area contributed by atoms with Crippen molar-refractivity contribution in [2.24, 2.45) is 0 Å². The van der Waals surface area contributed by atoms with E-state index >= 15 is 0 Å². The number of fused-ring (bicyclic) bond motifs is 1. The van der Waals surface area contributed by atoms with E-state index in [-0.39, 0.29) is 21.8 Å². The van der Waals surface area contributed by atoms with Gasteiger partial charge < -0.3 is 9.47 Å². The number of hydrogen-bond donors (Lipinski definition) is 2. The van der Waals surface area contributed by atoms with Crippen LogP contribution in [0, 0.1) is 6.92 Å². The van der Waals surface area contributed by atoms with E-state index in [1.165, 1.54) is 24.3 Å². The van der Waals surface area contributed by atoms with Gasteiger partial charge in [-0.05, 0) is 30.7 Å². The highest BCUT2D eigenvalue weighted by Crippen LogP contribution is 2.27. The van der Waals surface area contributed by atoms with Gasteiger partial charge in [0.2, 0.25) is 17.0 Å². The zero-order valence-electron chi connectivity index (χ0n) is 14.4. The molecule has 12 heteroatoms. The third kappa shape index (κ3) is 4.46. The molecule has 2 N–H and O–H groups in total. The first-order chi connectivity index (χ1) is 13.3. The molecule has 28 heavy (non-hydrogen) atoms. The van der Waals surface area contributed by atoms with Gasteiger partial charge in [-0.25, -0.2) is 22.9 Å². The second kappa shape index (κ2) is 8.21. The van der Waals surface area contributed by atoms with Crippen molar-refractivity contribution in [2.45, 2.75) is 18.2 Å². The number of para-hydroxylation sites is 1. The lowest BCUT2D eigenvalue weighted by molar-refractivity contribution is 0.256. The number of aryl methyl sites for hydroxylation is 1. The number of amides is 2. The van der Waals surface area contributed by atoms with Crippen LogP contribution in [0.25, 0.3) is 0 Å². The molecule has 1 aromatic heterocycles. The summed E-state index contributed by atoms with van der Waals surface area (Å²) in [5.41, 5.74) is 2.43. The fourth-order valence-corrected chi connectivity index (χ4v) is 3.64. The smallest absolute Gasteiger partial charge is 0.335 e. The van der Waals surface area contributed by atoms with Crippen LogP contribution >= 0.6 is 23.2 Å². The minimum atomic E-state index is -4.29. The maximum atomic E-state index is 12.6. The van der Waals surface area contributed by atoms with Gasteiger partial charge >= 0.3 is 6.03 Å². The topological polar surface area (TPSA) is 120 Å². The molecule has 0 fully saturated rings. The average molecular weight is 445 g/mol. The van der Waals surface area contributed by atoms with Crippen LogP contribution in [0.2, 0.25) is 0 Å². The van der Waals surface area contributed by atoms with Gasteiger partial charge in [0.25, 0.3) is 10.0 Å². The Hall–Kier alpha value is -2.56. The van der Waals surface area contributed by atoms with Gasteiger partial charge in [-0.1, -0.05) is 23.7 Å². The van der Waals surface area contributed by atoms with E-state index in [1.54, 1.807) is 6.92 Å². The minimum Gasteiger partial charge on any atom is -0.477 e. The number of hydrogen-bond acceptors (Lipinski definition) is 7. The second-order valence-electron chi connectivity index (χ2n) is 5.54. The zero-order chi connectivity index (χ0) is 20.3. The molecule has 0 radical (unpaired) electrons. The first kappa shape index (κ1) is 20.2. The van der Waals surface area contributed by atoms with Crippen LogP contribution in [0.3, 0.4) is 0 Å². The van der Waals surface area contributed by atoms with Gasteiger partial charge in [-0.3, -0.25) is 5.32 Å². The molecule has 1 aliphatic heterocycles. The van der Waals surface area contributed by atoms with E-state index < -0.39 is 16.1 Å².